The first kappa shape index (κ1) is 19.7. The molecule has 2 rings (SSSR count). The maximum absolute atomic E-state index is 12.3. The highest BCUT2D eigenvalue weighted by Gasteiger charge is 2.19. The van der Waals surface area contributed by atoms with Crippen LogP contribution in [-0.2, 0) is 14.3 Å². The summed E-state index contributed by atoms with van der Waals surface area (Å²) in [4.78, 5) is 48.7. The summed E-state index contributed by atoms with van der Waals surface area (Å²) in [6, 6.07) is 9.26. The quantitative estimate of drug-likeness (QED) is 0.696. The van der Waals surface area contributed by atoms with Crippen LogP contribution in [0.2, 0.25) is 0 Å². The van der Waals surface area contributed by atoms with Crippen molar-refractivity contribution in [3.63, 3.8) is 0 Å². The zero-order chi connectivity index (χ0) is 19.8. The number of ether oxygens (including phenoxy) is 1. The van der Waals surface area contributed by atoms with Crippen molar-refractivity contribution in [2.75, 3.05) is 32.6 Å². The predicted octanol–water partition coefficient (Wildman–Crippen LogP) is 0.893. The Balaban J connectivity index is 1.99. The molecule has 0 unspecified atom stereocenters. The van der Waals surface area contributed by atoms with E-state index < -0.39 is 24.4 Å². The molecule has 9 nitrogen and oxygen atoms in total. The third-order valence-electron chi connectivity index (χ3n) is 3.55. The summed E-state index contributed by atoms with van der Waals surface area (Å²) in [7, 11) is 2.87. The van der Waals surface area contributed by atoms with Crippen LogP contribution in [0.25, 0.3) is 0 Å². The molecule has 1 aromatic carbocycles. The van der Waals surface area contributed by atoms with Gasteiger partial charge >= 0.3 is 5.97 Å². The number of likely N-dealkylation sites (N-methyl/N-ethyl adjacent to an activating group) is 2. The molecule has 0 bridgehead atoms. The fourth-order valence-corrected chi connectivity index (χ4v) is 2.06. The summed E-state index contributed by atoms with van der Waals surface area (Å²) >= 11 is 0. The maximum Gasteiger partial charge on any atom is 0.340 e. The van der Waals surface area contributed by atoms with Gasteiger partial charge in [0.2, 0.25) is 5.91 Å². The number of esters is 1. The number of hydrogen-bond acceptors (Lipinski definition) is 6. The second-order valence-electron chi connectivity index (χ2n) is 5.48. The van der Waals surface area contributed by atoms with Gasteiger partial charge in [0, 0.05) is 14.1 Å². The number of para-hydroxylation sites is 1. The molecule has 142 valence electrons. The van der Waals surface area contributed by atoms with Crippen LogP contribution in [-0.4, -0.2) is 55.8 Å². The lowest BCUT2D eigenvalue weighted by molar-refractivity contribution is -0.137. The molecular weight excluding hydrogens is 354 g/mol. The van der Waals surface area contributed by atoms with Crippen LogP contribution >= 0.6 is 0 Å². The van der Waals surface area contributed by atoms with Gasteiger partial charge in [-0.1, -0.05) is 12.1 Å². The number of carbonyl (C=O) groups excluding carboxylic acids is 4. The minimum atomic E-state index is -0.785. The van der Waals surface area contributed by atoms with Crippen molar-refractivity contribution < 1.29 is 28.3 Å². The van der Waals surface area contributed by atoms with E-state index in [9.17, 15) is 19.2 Å². The number of rotatable bonds is 7. The molecule has 1 heterocycles. The molecule has 27 heavy (non-hydrogen) atoms. The molecule has 0 aliphatic heterocycles. The second-order valence-corrected chi connectivity index (χ2v) is 5.48. The molecular formula is C18H19N3O6. The first-order valence-electron chi connectivity index (χ1n) is 7.98. The van der Waals surface area contributed by atoms with E-state index in [-0.39, 0.29) is 29.5 Å². The smallest absolute Gasteiger partial charge is 0.340 e. The Labute approximate surface area is 155 Å². The average molecular weight is 373 g/mol. The lowest BCUT2D eigenvalue weighted by atomic mass is 10.1. The highest BCUT2D eigenvalue weighted by Crippen LogP contribution is 2.17. The lowest BCUT2D eigenvalue weighted by Gasteiger charge is -2.16. The Kier molecular flexibility index (Phi) is 6.70. The Hall–Kier alpha value is -3.62. The van der Waals surface area contributed by atoms with Gasteiger partial charge in [0.15, 0.2) is 12.4 Å². The molecule has 3 amide bonds. The van der Waals surface area contributed by atoms with Crippen LogP contribution in [0.1, 0.15) is 20.9 Å². The number of hydrogen-bond donors (Lipinski definition) is 2. The van der Waals surface area contributed by atoms with E-state index in [4.69, 9.17) is 9.15 Å². The monoisotopic (exact) mass is 373 g/mol. The van der Waals surface area contributed by atoms with Gasteiger partial charge in [-0.05, 0) is 24.3 Å². The molecule has 1 aromatic heterocycles. The molecule has 0 aliphatic rings. The molecule has 0 atom stereocenters. The van der Waals surface area contributed by atoms with E-state index in [0.29, 0.717) is 0 Å². The first-order valence-corrected chi connectivity index (χ1v) is 7.98. The average Bonchev–Trinajstić information content (AvgIpc) is 3.21. The molecule has 0 saturated carbocycles. The number of amides is 3. The Morgan fingerprint density at radius 3 is 2.52 bits per heavy atom. The molecule has 9 heteroatoms. The fraction of sp³-hybridized carbons (Fsp3) is 0.222. The van der Waals surface area contributed by atoms with Crippen molar-refractivity contribution in [1.82, 2.24) is 10.2 Å². The van der Waals surface area contributed by atoms with Crippen molar-refractivity contribution in [1.29, 1.82) is 0 Å². The van der Waals surface area contributed by atoms with Crippen LogP contribution in [0.4, 0.5) is 5.69 Å². The van der Waals surface area contributed by atoms with E-state index in [0.717, 1.165) is 4.90 Å². The second kappa shape index (κ2) is 9.18. The third kappa shape index (κ3) is 5.43. The molecule has 2 aromatic rings. The Morgan fingerprint density at radius 1 is 1.11 bits per heavy atom. The van der Waals surface area contributed by atoms with Gasteiger partial charge in [-0.25, -0.2) is 4.79 Å². The largest absolute Gasteiger partial charge is 0.459 e. The number of nitrogens with one attached hydrogen (secondary N) is 2. The molecule has 0 aliphatic carbocycles. The Morgan fingerprint density at radius 2 is 1.85 bits per heavy atom. The standard InChI is InChI=1S/C18H19N3O6/c1-19-15(22)10-21(2)16(23)11-27-18(25)12-6-3-4-7-13(12)20-17(24)14-8-5-9-26-14/h3-9H,10-11H2,1-2H3,(H,19,22)(H,20,24). The number of benzene rings is 1. The minimum absolute atomic E-state index is 0.0826. The van der Waals surface area contributed by atoms with Crippen LogP contribution in [0.3, 0.4) is 0 Å². The molecule has 0 fully saturated rings. The van der Waals surface area contributed by atoms with E-state index in [1.54, 1.807) is 18.2 Å². The summed E-state index contributed by atoms with van der Waals surface area (Å²) in [6.07, 6.45) is 1.36. The van der Waals surface area contributed by atoms with E-state index >= 15 is 0 Å². The molecule has 0 saturated heterocycles. The van der Waals surface area contributed by atoms with Gasteiger partial charge in [-0.3, -0.25) is 14.4 Å². The summed E-state index contributed by atoms with van der Waals surface area (Å²) in [5.41, 5.74) is 0.300. The van der Waals surface area contributed by atoms with Crippen LogP contribution in [0.5, 0.6) is 0 Å². The van der Waals surface area contributed by atoms with E-state index in [2.05, 4.69) is 10.6 Å². The van der Waals surface area contributed by atoms with Gasteiger partial charge in [0.1, 0.15) is 0 Å². The van der Waals surface area contributed by atoms with Gasteiger partial charge in [-0.2, -0.15) is 0 Å². The van der Waals surface area contributed by atoms with Crippen molar-refractivity contribution in [3.8, 4) is 0 Å². The highest BCUT2D eigenvalue weighted by molar-refractivity contribution is 6.06. The third-order valence-corrected chi connectivity index (χ3v) is 3.55. The summed E-state index contributed by atoms with van der Waals surface area (Å²) in [5, 5.41) is 4.95. The molecule has 2 N–H and O–H groups in total. The number of furan rings is 1. The molecule has 0 spiro atoms. The fourth-order valence-electron chi connectivity index (χ4n) is 2.06. The maximum atomic E-state index is 12.3. The van der Waals surface area contributed by atoms with Crippen molar-refractivity contribution in [2.24, 2.45) is 0 Å². The van der Waals surface area contributed by atoms with Gasteiger partial charge in [0.05, 0.1) is 24.1 Å². The van der Waals surface area contributed by atoms with Crippen molar-refractivity contribution >= 4 is 29.4 Å². The number of nitrogens with zero attached hydrogens (tertiary/aromatic N) is 1. The van der Waals surface area contributed by atoms with Crippen molar-refractivity contribution in [3.05, 3.63) is 54.0 Å². The van der Waals surface area contributed by atoms with Crippen LogP contribution in [0, 0.1) is 0 Å². The van der Waals surface area contributed by atoms with Crippen molar-refractivity contribution in [2.45, 2.75) is 0 Å². The number of carbonyl (C=O) groups is 4. The predicted molar refractivity (Wildman–Crippen MR) is 95.1 cm³/mol. The van der Waals surface area contributed by atoms with Crippen LogP contribution in [0.15, 0.2) is 47.1 Å². The summed E-state index contributed by atoms with van der Waals surface area (Å²) in [6.45, 7) is -0.685. The van der Waals surface area contributed by atoms with E-state index in [1.165, 1.54) is 38.6 Å². The first-order chi connectivity index (χ1) is 12.9. The summed E-state index contributed by atoms with van der Waals surface area (Å²) < 4.78 is 10.0. The zero-order valence-electron chi connectivity index (χ0n) is 14.9. The van der Waals surface area contributed by atoms with Gasteiger partial charge in [-0.15, -0.1) is 0 Å². The minimum Gasteiger partial charge on any atom is -0.459 e. The normalized spacial score (nSPS) is 10.0. The van der Waals surface area contributed by atoms with E-state index in [1.807, 2.05) is 0 Å². The topological polar surface area (TPSA) is 118 Å². The van der Waals surface area contributed by atoms with Gasteiger partial charge < -0.3 is 24.7 Å². The lowest BCUT2D eigenvalue weighted by Crippen LogP contribution is -2.39. The number of anilines is 1. The van der Waals surface area contributed by atoms with Gasteiger partial charge in [0.25, 0.3) is 11.8 Å². The summed E-state index contributed by atoms with van der Waals surface area (Å²) in [5.74, 6) is -2.11. The Bertz CT molecular complexity index is 831. The highest BCUT2D eigenvalue weighted by atomic mass is 16.5. The molecule has 0 radical (unpaired) electrons. The van der Waals surface area contributed by atoms with Crippen LogP contribution < -0.4 is 10.6 Å². The SMILES string of the molecule is CNC(=O)CN(C)C(=O)COC(=O)c1ccccc1NC(=O)c1ccco1. The zero-order valence-corrected chi connectivity index (χ0v) is 14.9.